The van der Waals surface area contributed by atoms with Crippen LogP contribution < -0.4 is 5.56 Å². The second-order valence-electron chi connectivity index (χ2n) is 8.67. The van der Waals surface area contributed by atoms with E-state index in [9.17, 15) is 18.0 Å². The highest BCUT2D eigenvalue weighted by Gasteiger charge is 2.39. The van der Waals surface area contributed by atoms with E-state index < -0.39 is 9.84 Å². The Morgan fingerprint density at radius 1 is 1.12 bits per heavy atom. The standard InChI is InChI=1S/C23H25N3O4S2/c27-21(26(17-8-4-5-9-17)18-10-11-32(29,30)14-18)13-25-15-24-22-19(23(25)28)12-20(31-22)16-6-2-1-3-7-16/h1-3,6-7,12,15,17-18H,4-5,8-11,13-14H2/t18-/m0/s1. The third-order valence-corrected chi connectivity index (χ3v) is 9.33. The third kappa shape index (κ3) is 4.11. The molecule has 1 saturated carbocycles. The first-order chi connectivity index (χ1) is 15.4. The number of amides is 1. The lowest BCUT2D eigenvalue weighted by atomic mass is 10.1. The van der Waals surface area contributed by atoms with Crippen LogP contribution >= 0.6 is 11.3 Å². The van der Waals surface area contributed by atoms with Gasteiger partial charge in [0.2, 0.25) is 5.91 Å². The summed E-state index contributed by atoms with van der Waals surface area (Å²) in [4.78, 5) is 34.3. The molecule has 168 valence electrons. The number of hydrogen-bond donors (Lipinski definition) is 0. The third-order valence-electron chi connectivity index (χ3n) is 6.49. The summed E-state index contributed by atoms with van der Waals surface area (Å²) in [6.45, 7) is -0.120. The normalized spacial score (nSPS) is 20.7. The van der Waals surface area contributed by atoms with Gasteiger partial charge in [0.05, 0.1) is 23.2 Å². The summed E-state index contributed by atoms with van der Waals surface area (Å²) in [6.07, 6.45) is 5.77. The Kier molecular flexibility index (Phi) is 5.63. The summed E-state index contributed by atoms with van der Waals surface area (Å²) in [7, 11) is -3.11. The average molecular weight is 472 g/mol. The molecule has 1 amide bonds. The van der Waals surface area contributed by atoms with Crippen molar-refractivity contribution < 1.29 is 13.2 Å². The Balaban J connectivity index is 1.43. The first kappa shape index (κ1) is 21.3. The highest BCUT2D eigenvalue weighted by molar-refractivity contribution is 7.91. The van der Waals surface area contributed by atoms with Crippen molar-refractivity contribution in [1.29, 1.82) is 0 Å². The van der Waals surface area contributed by atoms with Crippen LogP contribution in [0.15, 0.2) is 47.5 Å². The first-order valence-corrected chi connectivity index (χ1v) is 13.6. The Morgan fingerprint density at radius 2 is 1.88 bits per heavy atom. The molecule has 32 heavy (non-hydrogen) atoms. The molecule has 1 aliphatic carbocycles. The van der Waals surface area contributed by atoms with Crippen molar-refractivity contribution in [2.75, 3.05) is 11.5 Å². The summed E-state index contributed by atoms with van der Waals surface area (Å²) in [6, 6.07) is 11.4. The van der Waals surface area contributed by atoms with Gasteiger partial charge in [0.1, 0.15) is 11.4 Å². The molecule has 9 heteroatoms. The zero-order valence-electron chi connectivity index (χ0n) is 17.6. The molecule has 0 bridgehead atoms. The van der Waals surface area contributed by atoms with Gasteiger partial charge in [-0.15, -0.1) is 11.3 Å². The quantitative estimate of drug-likeness (QED) is 0.571. The smallest absolute Gasteiger partial charge is 0.262 e. The van der Waals surface area contributed by atoms with Gasteiger partial charge in [-0.1, -0.05) is 43.2 Å². The number of fused-ring (bicyclic) bond motifs is 1. The minimum Gasteiger partial charge on any atom is -0.334 e. The van der Waals surface area contributed by atoms with E-state index in [2.05, 4.69) is 4.98 Å². The predicted molar refractivity (Wildman–Crippen MR) is 125 cm³/mol. The largest absolute Gasteiger partial charge is 0.334 e. The molecule has 3 heterocycles. The molecule has 2 fully saturated rings. The first-order valence-electron chi connectivity index (χ1n) is 11.0. The average Bonchev–Trinajstić information content (AvgIpc) is 3.52. The van der Waals surface area contributed by atoms with Gasteiger partial charge in [0.15, 0.2) is 9.84 Å². The van der Waals surface area contributed by atoms with Gasteiger partial charge in [0, 0.05) is 17.0 Å². The Labute approximate surface area is 190 Å². The fourth-order valence-corrected chi connectivity index (χ4v) is 7.63. The van der Waals surface area contributed by atoms with Gasteiger partial charge >= 0.3 is 0 Å². The summed E-state index contributed by atoms with van der Waals surface area (Å²) in [5.74, 6) is -0.0497. The molecular weight excluding hydrogens is 446 g/mol. The molecule has 1 atom stereocenters. The molecule has 0 N–H and O–H groups in total. The van der Waals surface area contributed by atoms with Crippen molar-refractivity contribution >= 4 is 37.3 Å². The van der Waals surface area contributed by atoms with Crippen LogP contribution in [0.4, 0.5) is 0 Å². The second kappa shape index (κ2) is 8.44. The molecule has 1 aromatic carbocycles. The number of benzene rings is 1. The van der Waals surface area contributed by atoms with Gasteiger partial charge in [-0.2, -0.15) is 0 Å². The number of aromatic nitrogens is 2. The van der Waals surface area contributed by atoms with E-state index in [4.69, 9.17) is 0 Å². The van der Waals surface area contributed by atoms with Crippen LogP contribution in [-0.2, 0) is 21.2 Å². The molecule has 2 aliphatic rings. The molecule has 7 nitrogen and oxygen atoms in total. The number of rotatable bonds is 5. The molecule has 0 radical (unpaired) electrons. The molecule has 0 unspecified atom stereocenters. The van der Waals surface area contributed by atoms with E-state index >= 15 is 0 Å². The molecule has 1 aliphatic heterocycles. The minimum atomic E-state index is -3.11. The van der Waals surface area contributed by atoms with Crippen molar-refractivity contribution in [3.8, 4) is 10.4 Å². The minimum absolute atomic E-state index is 0.0202. The highest BCUT2D eigenvalue weighted by Crippen LogP contribution is 2.31. The Hall–Kier alpha value is -2.52. The summed E-state index contributed by atoms with van der Waals surface area (Å²) >= 11 is 1.45. The van der Waals surface area contributed by atoms with Gasteiger partial charge in [-0.05, 0) is 30.9 Å². The highest BCUT2D eigenvalue weighted by atomic mass is 32.2. The Bertz CT molecular complexity index is 1310. The maximum absolute atomic E-state index is 13.4. The van der Waals surface area contributed by atoms with E-state index in [-0.39, 0.29) is 41.6 Å². The van der Waals surface area contributed by atoms with Crippen LogP contribution in [0.25, 0.3) is 20.7 Å². The molecular formula is C23H25N3O4S2. The van der Waals surface area contributed by atoms with Crippen LogP contribution in [0.5, 0.6) is 0 Å². The van der Waals surface area contributed by atoms with Crippen molar-refractivity contribution in [3.05, 3.63) is 53.1 Å². The zero-order valence-corrected chi connectivity index (χ0v) is 19.3. The van der Waals surface area contributed by atoms with Crippen LogP contribution in [0.2, 0.25) is 0 Å². The SMILES string of the molecule is O=C(Cn1cnc2sc(-c3ccccc3)cc2c1=O)N(C1CCCC1)[C@H]1CCS(=O)(=O)C1. The molecule has 0 spiro atoms. The van der Waals surface area contributed by atoms with Crippen molar-refractivity contribution in [2.45, 2.75) is 50.7 Å². The van der Waals surface area contributed by atoms with Crippen molar-refractivity contribution in [3.63, 3.8) is 0 Å². The maximum atomic E-state index is 13.4. The number of sulfone groups is 1. The van der Waals surface area contributed by atoms with Gasteiger partial charge in [0.25, 0.3) is 5.56 Å². The number of carbonyl (C=O) groups is 1. The number of thiophene rings is 1. The molecule has 3 aromatic rings. The van der Waals surface area contributed by atoms with E-state index in [0.717, 1.165) is 36.1 Å². The summed E-state index contributed by atoms with van der Waals surface area (Å²) in [5, 5.41) is 0.500. The topological polar surface area (TPSA) is 89.3 Å². The zero-order chi connectivity index (χ0) is 22.3. The molecule has 1 saturated heterocycles. The van der Waals surface area contributed by atoms with Gasteiger partial charge in [-0.25, -0.2) is 13.4 Å². The van der Waals surface area contributed by atoms with Gasteiger partial charge in [-0.3, -0.25) is 14.2 Å². The fourth-order valence-electron chi connectivity index (χ4n) is 4.93. The number of nitrogens with zero attached hydrogens (tertiary/aromatic N) is 3. The predicted octanol–water partition coefficient (Wildman–Crippen LogP) is 3.08. The summed E-state index contributed by atoms with van der Waals surface area (Å²) < 4.78 is 25.5. The van der Waals surface area contributed by atoms with Gasteiger partial charge < -0.3 is 4.90 Å². The fraction of sp³-hybridized carbons (Fsp3) is 0.435. The lowest BCUT2D eigenvalue weighted by Crippen LogP contribution is -2.48. The van der Waals surface area contributed by atoms with E-state index in [1.165, 1.54) is 22.2 Å². The lowest BCUT2D eigenvalue weighted by molar-refractivity contribution is -0.136. The maximum Gasteiger partial charge on any atom is 0.262 e. The summed E-state index contributed by atoms with van der Waals surface area (Å²) in [5.41, 5.74) is 0.777. The Morgan fingerprint density at radius 3 is 2.56 bits per heavy atom. The van der Waals surface area contributed by atoms with Crippen LogP contribution in [0.1, 0.15) is 32.1 Å². The van der Waals surface area contributed by atoms with Crippen molar-refractivity contribution in [2.24, 2.45) is 0 Å². The van der Waals surface area contributed by atoms with E-state index in [1.807, 2.05) is 36.4 Å². The monoisotopic (exact) mass is 471 g/mol. The van der Waals surface area contributed by atoms with Crippen LogP contribution in [-0.4, -0.2) is 52.4 Å². The molecule has 2 aromatic heterocycles. The number of carbonyl (C=O) groups excluding carboxylic acids is 1. The number of hydrogen-bond acceptors (Lipinski definition) is 6. The lowest BCUT2D eigenvalue weighted by Gasteiger charge is -2.34. The van der Waals surface area contributed by atoms with E-state index in [0.29, 0.717) is 16.6 Å². The van der Waals surface area contributed by atoms with Crippen molar-refractivity contribution in [1.82, 2.24) is 14.5 Å². The van der Waals surface area contributed by atoms with Crippen LogP contribution in [0.3, 0.4) is 0 Å². The second-order valence-corrected chi connectivity index (χ2v) is 11.9. The molecule has 5 rings (SSSR count). The van der Waals surface area contributed by atoms with Crippen LogP contribution in [0, 0.1) is 0 Å². The van der Waals surface area contributed by atoms with E-state index in [1.54, 1.807) is 4.90 Å².